The van der Waals surface area contributed by atoms with Crippen molar-refractivity contribution in [1.82, 2.24) is 5.32 Å². The van der Waals surface area contributed by atoms with Gasteiger partial charge in [-0.05, 0) is 18.8 Å². The van der Waals surface area contributed by atoms with Gasteiger partial charge in [0.05, 0.1) is 6.10 Å². The zero-order valence-electron chi connectivity index (χ0n) is 7.70. The minimum atomic E-state index is -1.06. The van der Waals surface area contributed by atoms with Gasteiger partial charge in [0.2, 0.25) is 0 Å². The Morgan fingerprint density at radius 2 is 2.00 bits per heavy atom. The predicted molar refractivity (Wildman–Crippen MR) is 48.6 cm³/mol. The van der Waals surface area contributed by atoms with E-state index in [1.807, 2.05) is 0 Å². The van der Waals surface area contributed by atoms with Gasteiger partial charge < -0.3 is 15.5 Å². The Bertz CT molecular complexity index is 166. The molecule has 0 aromatic carbocycles. The fourth-order valence-corrected chi connectivity index (χ4v) is 1.88. The summed E-state index contributed by atoms with van der Waals surface area (Å²) in [7, 11) is 0. The molecule has 4 nitrogen and oxygen atoms in total. The molecule has 1 aliphatic rings. The van der Waals surface area contributed by atoms with Gasteiger partial charge in [-0.2, -0.15) is 0 Å². The lowest BCUT2D eigenvalue weighted by Gasteiger charge is -2.26. The molecule has 13 heavy (non-hydrogen) atoms. The van der Waals surface area contributed by atoms with Crippen molar-refractivity contribution in [3.05, 3.63) is 0 Å². The highest BCUT2D eigenvalue weighted by Crippen LogP contribution is 2.26. The molecule has 1 atom stereocenters. The third kappa shape index (κ3) is 3.63. The quantitative estimate of drug-likeness (QED) is 0.621. The lowest BCUT2D eigenvalue weighted by atomic mass is 9.85. The fourth-order valence-electron chi connectivity index (χ4n) is 1.88. The van der Waals surface area contributed by atoms with Gasteiger partial charge in [-0.1, -0.05) is 19.3 Å². The monoisotopic (exact) mass is 187 g/mol. The average Bonchev–Trinajstić information content (AvgIpc) is 2.15. The standard InChI is InChI=1S/C9H17NO3/c11-8(6-10-9(12)13)7-4-2-1-3-5-7/h7-8,10-11H,1-6H2,(H,12,13). The van der Waals surface area contributed by atoms with E-state index in [9.17, 15) is 9.90 Å². The first-order valence-electron chi connectivity index (χ1n) is 4.85. The van der Waals surface area contributed by atoms with E-state index in [0.717, 1.165) is 25.7 Å². The summed E-state index contributed by atoms with van der Waals surface area (Å²) in [5.41, 5.74) is 0. The van der Waals surface area contributed by atoms with Crippen LogP contribution in [0.15, 0.2) is 0 Å². The third-order valence-corrected chi connectivity index (χ3v) is 2.66. The van der Waals surface area contributed by atoms with E-state index in [2.05, 4.69) is 5.32 Å². The highest BCUT2D eigenvalue weighted by molar-refractivity contribution is 5.64. The number of carboxylic acid groups (broad SMARTS) is 1. The van der Waals surface area contributed by atoms with E-state index in [-0.39, 0.29) is 6.54 Å². The Hall–Kier alpha value is -0.770. The minimum absolute atomic E-state index is 0.167. The van der Waals surface area contributed by atoms with Crippen LogP contribution in [-0.2, 0) is 0 Å². The average molecular weight is 187 g/mol. The van der Waals surface area contributed by atoms with Gasteiger partial charge in [0.1, 0.15) is 0 Å². The number of rotatable bonds is 3. The maximum absolute atomic E-state index is 10.2. The van der Waals surface area contributed by atoms with Gasteiger partial charge in [0, 0.05) is 6.54 Å². The number of amides is 1. The molecule has 1 aliphatic carbocycles. The molecule has 1 rings (SSSR count). The maximum atomic E-state index is 10.2. The molecule has 1 amide bonds. The van der Waals surface area contributed by atoms with Crippen LogP contribution in [0.25, 0.3) is 0 Å². The Morgan fingerprint density at radius 1 is 1.38 bits per heavy atom. The second-order valence-electron chi connectivity index (χ2n) is 3.65. The largest absolute Gasteiger partial charge is 0.465 e. The molecule has 0 heterocycles. The van der Waals surface area contributed by atoms with Crippen LogP contribution in [0.3, 0.4) is 0 Å². The highest BCUT2D eigenvalue weighted by Gasteiger charge is 2.21. The van der Waals surface area contributed by atoms with Crippen molar-refractivity contribution in [2.45, 2.75) is 38.2 Å². The van der Waals surface area contributed by atoms with Gasteiger partial charge in [-0.15, -0.1) is 0 Å². The van der Waals surface area contributed by atoms with Crippen molar-refractivity contribution in [1.29, 1.82) is 0 Å². The van der Waals surface area contributed by atoms with Crippen LogP contribution in [0.5, 0.6) is 0 Å². The molecule has 0 saturated heterocycles. The second-order valence-corrected chi connectivity index (χ2v) is 3.65. The molecule has 0 aliphatic heterocycles. The summed E-state index contributed by atoms with van der Waals surface area (Å²) in [4.78, 5) is 10.2. The van der Waals surface area contributed by atoms with Crippen LogP contribution < -0.4 is 5.32 Å². The first-order valence-corrected chi connectivity index (χ1v) is 4.85. The number of hydrogen-bond donors (Lipinski definition) is 3. The summed E-state index contributed by atoms with van der Waals surface area (Å²) < 4.78 is 0. The number of carbonyl (C=O) groups is 1. The van der Waals surface area contributed by atoms with E-state index in [0.29, 0.717) is 5.92 Å². The molecule has 76 valence electrons. The number of aliphatic hydroxyl groups excluding tert-OH is 1. The summed E-state index contributed by atoms with van der Waals surface area (Å²) in [5, 5.41) is 20.1. The van der Waals surface area contributed by atoms with Crippen LogP contribution in [0, 0.1) is 5.92 Å². The van der Waals surface area contributed by atoms with Gasteiger partial charge in [-0.3, -0.25) is 0 Å². The molecule has 0 aromatic rings. The smallest absolute Gasteiger partial charge is 0.404 e. The summed E-state index contributed by atoms with van der Waals surface area (Å²) in [6.45, 7) is 0.167. The zero-order valence-corrected chi connectivity index (χ0v) is 7.70. The minimum Gasteiger partial charge on any atom is -0.465 e. The lowest BCUT2D eigenvalue weighted by molar-refractivity contribution is 0.0830. The fraction of sp³-hybridized carbons (Fsp3) is 0.889. The molecule has 4 heteroatoms. The van der Waals surface area contributed by atoms with Crippen LogP contribution in [0.1, 0.15) is 32.1 Å². The molecular formula is C9H17NO3. The van der Waals surface area contributed by atoms with Crippen LogP contribution in [-0.4, -0.2) is 29.0 Å². The van der Waals surface area contributed by atoms with Crippen LogP contribution >= 0.6 is 0 Å². The Balaban J connectivity index is 2.20. The lowest BCUT2D eigenvalue weighted by Crippen LogP contribution is -2.36. The second kappa shape index (κ2) is 5.07. The van der Waals surface area contributed by atoms with E-state index >= 15 is 0 Å². The molecule has 1 fully saturated rings. The van der Waals surface area contributed by atoms with E-state index in [1.54, 1.807) is 0 Å². The van der Waals surface area contributed by atoms with Crippen molar-refractivity contribution in [2.75, 3.05) is 6.54 Å². The first-order chi connectivity index (χ1) is 6.20. The van der Waals surface area contributed by atoms with Gasteiger partial charge >= 0.3 is 6.09 Å². The molecule has 3 N–H and O–H groups in total. The molecule has 1 saturated carbocycles. The van der Waals surface area contributed by atoms with Crippen molar-refractivity contribution < 1.29 is 15.0 Å². The van der Waals surface area contributed by atoms with Crippen molar-refractivity contribution >= 4 is 6.09 Å². The van der Waals surface area contributed by atoms with Crippen molar-refractivity contribution in [3.63, 3.8) is 0 Å². The molecule has 0 spiro atoms. The summed E-state index contributed by atoms with van der Waals surface area (Å²) in [6, 6.07) is 0. The molecule has 0 radical (unpaired) electrons. The van der Waals surface area contributed by atoms with Crippen LogP contribution in [0.2, 0.25) is 0 Å². The Kier molecular flexibility index (Phi) is 4.02. The SMILES string of the molecule is O=C(O)NCC(O)C1CCCCC1. The number of hydrogen-bond acceptors (Lipinski definition) is 2. The van der Waals surface area contributed by atoms with E-state index < -0.39 is 12.2 Å². The van der Waals surface area contributed by atoms with Gasteiger partial charge in [-0.25, -0.2) is 4.79 Å². The Labute approximate surface area is 78.0 Å². The predicted octanol–water partition coefficient (Wildman–Crippen LogP) is 1.20. The topological polar surface area (TPSA) is 69.6 Å². The zero-order chi connectivity index (χ0) is 9.68. The highest BCUT2D eigenvalue weighted by atomic mass is 16.4. The van der Waals surface area contributed by atoms with E-state index in [4.69, 9.17) is 5.11 Å². The molecule has 1 unspecified atom stereocenters. The molecule has 0 bridgehead atoms. The third-order valence-electron chi connectivity index (χ3n) is 2.66. The Morgan fingerprint density at radius 3 is 2.54 bits per heavy atom. The maximum Gasteiger partial charge on any atom is 0.404 e. The normalized spacial score (nSPS) is 21.0. The van der Waals surface area contributed by atoms with Gasteiger partial charge in [0.15, 0.2) is 0 Å². The van der Waals surface area contributed by atoms with Crippen molar-refractivity contribution in [3.8, 4) is 0 Å². The first kappa shape index (κ1) is 10.3. The number of aliphatic hydroxyl groups is 1. The summed E-state index contributed by atoms with van der Waals surface area (Å²) >= 11 is 0. The van der Waals surface area contributed by atoms with Gasteiger partial charge in [0.25, 0.3) is 0 Å². The van der Waals surface area contributed by atoms with Crippen LogP contribution in [0.4, 0.5) is 4.79 Å². The van der Waals surface area contributed by atoms with E-state index in [1.165, 1.54) is 6.42 Å². The number of nitrogens with one attached hydrogen (secondary N) is 1. The summed E-state index contributed by atoms with van der Waals surface area (Å²) in [6.07, 6.45) is 4.07. The van der Waals surface area contributed by atoms with Crippen molar-refractivity contribution in [2.24, 2.45) is 5.92 Å². The molecule has 0 aromatic heterocycles. The summed E-state index contributed by atoms with van der Waals surface area (Å²) in [5.74, 6) is 0.292. The molecular weight excluding hydrogens is 170 g/mol.